The molecule has 0 spiro atoms. The summed E-state index contributed by atoms with van der Waals surface area (Å²) in [6, 6.07) is 0. The molecule has 0 radical (unpaired) electrons. The van der Waals surface area contributed by atoms with Crippen molar-refractivity contribution in [2.75, 3.05) is 13.2 Å². The highest BCUT2D eigenvalue weighted by atomic mass is 16.6. The number of carbonyl (C=O) groups is 3. The van der Waals surface area contributed by atoms with Crippen LogP contribution in [0.4, 0.5) is 0 Å². The van der Waals surface area contributed by atoms with Crippen molar-refractivity contribution in [3.8, 4) is 0 Å². The molecule has 0 rings (SSSR count). The molecule has 6 heteroatoms. The molecule has 0 aliphatic heterocycles. The molecule has 0 aliphatic carbocycles. The van der Waals surface area contributed by atoms with Gasteiger partial charge in [-0.05, 0) is 25.2 Å². The Bertz CT molecular complexity index is 826. The van der Waals surface area contributed by atoms with Gasteiger partial charge in [0.15, 0.2) is 6.10 Å². The Morgan fingerprint density at radius 1 is 0.345 bits per heavy atom. The number of hydrogen-bond donors (Lipinski definition) is 0. The van der Waals surface area contributed by atoms with Crippen molar-refractivity contribution < 1.29 is 28.6 Å². The molecule has 0 fully saturated rings. The maximum absolute atomic E-state index is 12.7. The van der Waals surface area contributed by atoms with Crippen LogP contribution >= 0.6 is 0 Å². The van der Waals surface area contributed by atoms with Gasteiger partial charge in [0.25, 0.3) is 0 Å². The molecule has 6 nitrogen and oxygen atoms in total. The lowest BCUT2D eigenvalue weighted by Crippen LogP contribution is -2.30. The van der Waals surface area contributed by atoms with E-state index in [0.717, 1.165) is 63.7 Å². The summed E-state index contributed by atoms with van der Waals surface area (Å²) in [7, 11) is 0. The van der Waals surface area contributed by atoms with Gasteiger partial charge in [-0.25, -0.2) is 0 Å². The van der Waals surface area contributed by atoms with Crippen LogP contribution in [0, 0.1) is 5.92 Å². The first kappa shape index (κ1) is 53.4. The maximum atomic E-state index is 12.7. The van der Waals surface area contributed by atoms with Crippen LogP contribution in [0.1, 0.15) is 272 Å². The number of unbranched alkanes of at least 4 members (excludes halogenated alkanes) is 31. The van der Waals surface area contributed by atoms with E-state index in [9.17, 15) is 14.4 Å². The fourth-order valence-electron chi connectivity index (χ4n) is 7.33. The second kappa shape index (κ2) is 43.5. The summed E-state index contributed by atoms with van der Waals surface area (Å²) in [5, 5.41) is 0. The SMILES string of the molecule is CCCCCCCCCCCCCCCC(=O)OC[C@H](COC(=O)CCCCCCCCCCC(C)C)OC(=O)CCCCCCCCCCCCCCC. The summed E-state index contributed by atoms with van der Waals surface area (Å²) < 4.78 is 16.8. The average Bonchev–Trinajstić information content (AvgIpc) is 3.17. The Labute approximate surface area is 342 Å². The monoisotopic (exact) mass is 779 g/mol. The molecule has 0 aromatic rings. The second-order valence-corrected chi connectivity index (χ2v) is 17.2. The van der Waals surface area contributed by atoms with Crippen LogP contribution in [-0.2, 0) is 28.6 Å². The zero-order valence-electron chi connectivity index (χ0n) is 37.4. The molecule has 0 heterocycles. The Morgan fingerprint density at radius 2 is 0.600 bits per heavy atom. The van der Waals surface area contributed by atoms with Crippen LogP contribution in [0.5, 0.6) is 0 Å². The Balaban J connectivity index is 4.32. The topological polar surface area (TPSA) is 78.9 Å². The minimum absolute atomic E-state index is 0.0634. The van der Waals surface area contributed by atoms with Crippen molar-refractivity contribution in [1.82, 2.24) is 0 Å². The molecule has 0 aromatic heterocycles. The van der Waals surface area contributed by atoms with Gasteiger partial charge in [0, 0.05) is 19.3 Å². The smallest absolute Gasteiger partial charge is 0.306 e. The molecule has 0 unspecified atom stereocenters. The minimum atomic E-state index is -0.760. The van der Waals surface area contributed by atoms with Crippen molar-refractivity contribution >= 4 is 17.9 Å². The zero-order valence-corrected chi connectivity index (χ0v) is 37.4. The fraction of sp³-hybridized carbons (Fsp3) is 0.939. The first-order valence-corrected chi connectivity index (χ1v) is 24.4. The summed E-state index contributed by atoms with van der Waals surface area (Å²) in [5.41, 5.74) is 0. The Morgan fingerprint density at radius 3 is 0.891 bits per heavy atom. The lowest BCUT2D eigenvalue weighted by molar-refractivity contribution is -0.167. The van der Waals surface area contributed by atoms with Crippen molar-refractivity contribution in [3.05, 3.63) is 0 Å². The zero-order chi connectivity index (χ0) is 40.3. The van der Waals surface area contributed by atoms with Gasteiger partial charge in [-0.1, -0.05) is 233 Å². The third kappa shape index (κ3) is 43.4. The van der Waals surface area contributed by atoms with Gasteiger partial charge in [0.2, 0.25) is 0 Å². The first-order valence-electron chi connectivity index (χ1n) is 24.4. The van der Waals surface area contributed by atoms with Crippen LogP contribution in [0.2, 0.25) is 0 Å². The Hall–Kier alpha value is -1.59. The standard InChI is InChI=1S/C49H94O6/c1-5-7-9-11-13-15-17-19-21-23-28-32-36-40-47(50)53-43-46(44-54-48(51)41-37-33-29-26-25-27-31-35-39-45(3)4)55-49(52)42-38-34-30-24-22-20-18-16-14-12-10-8-6-2/h45-46H,5-44H2,1-4H3/t46-/m1/s1. The highest BCUT2D eigenvalue weighted by Crippen LogP contribution is 2.16. The van der Waals surface area contributed by atoms with Crippen LogP contribution in [-0.4, -0.2) is 37.2 Å². The highest BCUT2D eigenvalue weighted by Gasteiger charge is 2.19. The molecular formula is C49H94O6. The van der Waals surface area contributed by atoms with Crippen LogP contribution in [0.25, 0.3) is 0 Å². The molecule has 55 heavy (non-hydrogen) atoms. The quantitative estimate of drug-likeness (QED) is 0.0348. The number of hydrogen-bond acceptors (Lipinski definition) is 6. The lowest BCUT2D eigenvalue weighted by Gasteiger charge is -2.18. The third-order valence-corrected chi connectivity index (χ3v) is 11.0. The van der Waals surface area contributed by atoms with E-state index in [2.05, 4.69) is 27.7 Å². The Kier molecular flexibility index (Phi) is 42.3. The summed E-state index contributed by atoms with van der Waals surface area (Å²) >= 11 is 0. The molecule has 1 atom stereocenters. The van der Waals surface area contributed by atoms with E-state index in [-0.39, 0.29) is 31.1 Å². The fourth-order valence-corrected chi connectivity index (χ4v) is 7.33. The average molecular weight is 779 g/mol. The largest absolute Gasteiger partial charge is 0.462 e. The lowest BCUT2D eigenvalue weighted by atomic mass is 10.0. The van der Waals surface area contributed by atoms with E-state index in [1.165, 1.54) is 167 Å². The van der Waals surface area contributed by atoms with Gasteiger partial charge in [0.1, 0.15) is 13.2 Å². The number of ether oxygens (including phenoxy) is 3. The van der Waals surface area contributed by atoms with E-state index in [1.54, 1.807) is 0 Å². The maximum Gasteiger partial charge on any atom is 0.306 e. The van der Waals surface area contributed by atoms with E-state index in [1.807, 2.05) is 0 Å². The van der Waals surface area contributed by atoms with Gasteiger partial charge < -0.3 is 14.2 Å². The van der Waals surface area contributed by atoms with Gasteiger partial charge in [-0.2, -0.15) is 0 Å². The van der Waals surface area contributed by atoms with Gasteiger partial charge in [-0.3, -0.25) is 14.4 Å². The van der Waals surface area contributed by atoms with Crippen LogP contribution in [0.3, 0.4) is 0 Å². The van der Waals surface area contributed by atoms with E-state index in [0.29, 0.717) is 19.3 Å². The molecule has 0 aromatic carbocycles. The van der Waals surface area contributed by atoms with Crippen molar-refractivity contribution in [2.24, 2.45) is 5.92 Å². The van der Waals surface area contributed by atoms with Crippen LogP contribution in [0.15, 0.2) is 0 Å². The summed E-state index contributed by atoms with van der Waals surface area (Å²) in [6.45, 7) is 8.98. The van der Waals surface area contributed by atoms with Gasteiger partial charge >= 0.3 is 17.9 Å². The van der Waals surface area contributed by atoms with Crippen molar-refractivity contribution in [1.29, 1.82) is 0 Å². The molecule has 0 amide bonds. The predicted octanol–water partition coefficient (Wildman–Crippen LogP) is 15.5. The van der Waals surface area contributed by atoms with Gasteiger partial charge in [-0.15, -0.1) is 0 Å². The van der Waals surface area contributed by atoms with E-state index < -0.39 is 6.10 Å². The molecule has 0 bridgehead atoms. The predicted molar refractivity (Wildman–Crippen MR) is 233 cm³/mol. The molecule has 326 valence electrons. The van der Waals surface area contributed by atoms with Crippen molar-refractivity contribution in [2.45, 2.75) is 278 Å². The summed E-state index contributed by atoms with van der Waals surface area (Å²) in [4.78, 5) is 37.8. The summed E-state index contributed by atoms with van der Waals surface area (Å²) in [5.74, 6) is -0.0536. The third-order valence-electron chi connectivity index (χ3n) is 11.0. The minimum Gasteiger partial charge on any atom is -0.462 e. The number of rotatable bonds is 44. The second-order valence-electron chi connectivity index (χ2n) is 17.2. The molecule has 0 saturated carbocycles. The normalized spacial score (nSPS) is 11.9. The number of esters is 3. The molecular weight excluding hydrogens is 685 g/mol. The molecule has 0 aliphatic rings. The number of carbonyl (C=O) groups excluding carboxylic acids is 3. The van der Waals surface area contributed by atoms with E-state index >= 15 is 0 Å². The highest BCUT2D eigenvalue weighted by molar-refractivity contribution is 5.71. The van der Waals surface area contributed by atoms with Crippen LogP contribution < -0.4 is 0 Å². The van der Waals surface area contributed by atoms with Crippen molar-refractivity contribution in [3.63, 3.8) is 0 Å². The van der Waals surface area contributed by atoms with Gasteiger partial charge in [0.05, 0.1) is 0 Å². The first-order chi connectivity index (χ1) is 26.9. The molecule has 0 saturated heterocycles. The summed E-state index contributed by atoms with van der Waals surface area (Å²) in [6.07, 6.45) is 43.7. The molecule has 0 N–H and O–H groups in total. The van der Waals surface area contributed by atoms with E-state index in [4.69, 9.17) is 14.2 Å².